The maximum Gasteiger partial charge on any atom is 0.451 e. The molecule has 0 aliphatic carbocycles. The van der Waals surface area contributed by atoms with Crippen molar-refractivity contribution in [3.63, 3.8) is 0 Å². The lowest BCUT2D eigenvalue weighted by atomic mass is 9.86. The molecule has 1 amide bonds. The van der Waals surface area contributed by atoms with Crippen LogP contribution >= 0.6 is 0 Å². The molecule has 1 fully saturated rings. The Labute approximate surface area is 167 Å². The number of rotatable bonds is 4. The van der Waals surface area contributed by atoms with Crippen LogP contribution in [-0.4, -0.2) is 39.9 Å². The zero-order valence-corrected chi connectivity index (χ0v) is 15.6. The van der Waals surface area contributed by atoms with E-state index in [1.54, 1.807) is 0 Å². The predicted molar refractivity (Wildman–Crippen MR) is 93.7 cm³/mol. The number of halogens is 6. The van der Waals surface area contributed by atoms with Gasteiger partial charge in [0.05, 0.1) is 0 Å². The molecule has 0 spiro atoms. The average molecular weight is 432 g/mol. The van der Waals surface area contributed by atoms with Gasteiger partial charge in [-0.1, -0.05) is 0 Å². The standard InChI is InChI=1S/C19H18F6N4O/c20-12-9-14(22)13(21)7-11(12)8-15(26)10-2-5-29(6-3-10)17(30)16-1-4-27-18(28-16)19(23,24)25/h1,4,7,9-10,15H,2-3,5-6,8,26H2/t15-/m0/s1. The number of hydrogen-bond donors (Lipinski definition) is 1. The summed E-state index contributed by atoms with van der Waals surface area (Å²) < 4.78 is 78.4. The van der Waals surface area contributed by atoms with Crippen LogP contribution in [0.2, 0.25) is 0 Å². The number of amides is 1. The number of nitrogens with two attached hydrogens (primary N) is 1. The van der Waals surface area contributed by atoms with Gasteiger partial charge in [0.25, 0.3) is 5.91 Å². The highest BCUT2D eigenvalue weighted by Crippen LogP contribution is 2.27. The van der Waals surface area contributed by atoms with Crippen LogP contribution in [0.15, 0.2) is 24.4 Å². The molecule has 2 heterocycles. The van der Waals surface area contributed by atoms with E-state index >= 15 is 0 Å². The maximum atomic E-state index is 13.8. The second-order valence-electron chi connectivity index (χ2n) is 7.12. The molecule has 2 N–H and O–H groups in total. The first kappa shape index (κ1) is 22.0. The van der Waals surface area contributed by atoms with Gasteiger partial charge in [0, 0.05) is 31.4 Å². The first-order valence-electron chi connectivity index (χ1n) is 9.14. The molecule has 162 valence electrons. The molecule has 0 bridgehead atoms. The molecule has 3 rings (SSSR count). The largest absolute Gasteiger partial charge is 0.451 e. The lowest BCUT2D eigenvalue weighted by Crippen LogP contribution is -2.44. The van der Waals surface area contributed by atoms with Gasteiger partial charge in [0.1, 0.15) is 11.5 Å². The van der Waals surface area contributed by atoms with Gasteiger partial charge in [-0.2, -0.15) is 13.2 Å². The predicted octanol–water partition coefficient (Wildman–Crippen LogP) is 3.33. The number of carbonyl (C=O) groups excluding carboxylic acids is 1. The zero-order chi connectivity index (χ0) is 22.1. The van der Waals surface area contributed by atoms with Crippen LogP contribution in [0.4, 0.5) is 26.3 Å². The molecule has 0 radical (unpaired) electrons. The lowest BCUT2D eigenvalue weighted by Gasteiger charge is -2.34. The van der Waals surface area contributed by atoms with E-state index in [9.17, 15) is 31.1 Å². The van der Waals surface area contributed by atoms with E-state index in [1.165, 1.54) is 4.90 Å². The van der Waals surface area contributed by atoms with E-state index in [-0.39, 0.29) is 36.7 Å². The minimum Gasteiger partial charge on any atom is -0.337 e. The Hall–Kier alpha value is -2.69. The summed E-state index contributed by atoms with van der Waals surface area (Å²) in [4.78, 5) is 20.3. The van der Waals surface area contributed by atoms with Gasteiger partial charge in [-0.25, -0.2) is 23.1 Å². The Morgan fingerprint density at radius 2 is 1.77 bits per heavy atom. The van der Waals surface area contributed by atoms with Gasteiger partial charge >= 0.3 is 6.18 Å². The third-order valence-electron chi connectivity index (χ3n) is 5.11. The van der Waals surface area contributed by atoms with Gasteiger partial charge in [-0.05, 0) is 42.9 Å². The number of alkyl halides is 3. The summed E-state index contributed by atoms with van der Waals surface area (Å²) in [6.45, 7) is 0.450. The molecular weight excluding hydrogens is 414 g/mol. The molecule has 2 aromatic rings. The molecule has 5 nitrogen and oxygen atoms in total. The Morgan fingerprint density at radius 1 is 1.13 bits per heavy atom. The Morgan fingerprint density at radius 3 is 2.40 bits per heavy atom. The summed E-state index contributed by atoms with van der Waals surface area (Å²) in [7, 11) is 0. The third-order valence-corrected chi connectivity index (χ3v) is 5.11. The number of nitrogens with zero attached hydrogens (tertiary/aromatic N) is 3. The number of benzene rings is 1. The van der Waals surface area contributed by atoms with Crippen LogP contribution in [0.25, 0.3) is 0 Å². The summed E-state index contributed by atoms with van der Waals surface area (Å²) in [5, 5.41) is 0. The van der Waals surface area contributed by atoms with Crippen molar-refractivity contribution in [2.45, 2.75) is 31.5 Å². The second-order valence-corrected chi connectivity index (χ2v) is 7.12. The van der Waals surface area contributed by atoms with E-state index in [1.807, 2.05) is 0 Å². The minimum atomic E-state index is -4.76. The number of hydrogen-bond acceptors (Lipinski definition) is 4. The van der Waals surface area contributed by atoms with Crippen molar-refractivity contribution in [1.29, 1.82) is 0 Å². The molecule has 1 aromatic heterocycles. The minimum absolute atomic E-state index is 0.0114. The molecule has 11 heteroatoms. The van der Waals surface area contributed by atoms with Crippen molar-refractivity contribution in [1.82, 2.24) is 14.9 Å². The molecule has 1 atom stereocenters. The summed E-state index contributed by atoms with van der Waals surface area (Å²) >= 11 is 0. The van der Waals surface area contributed by atoms with E-state index in [4.69, 9.17) is 5.73 Å². The van der Waals surface area contributed by atoms with Crippen molar-refractivity contribution in [3.05, 3.63) is 58.9 Å². The van der Waals surface area contributed by atoms with E-state index in [0.29, 0.717) is 18.9 Å². The molecule has 0 saturated carbocycles. The molecule has 0 unspecified atom stereocenters. The highest BCUT2D eigenvalue weighted by molar-refractivity contribution is 5.92. The Bertz CT molecular complexity index is 928. The van der Waals surface area contributed by atoms with Crippen LogP contribution < -0.4 is 5.73 Å². The first-order valence-corrected chi connectivity index (χ1v) is 9.14. The van der Waals surface area contributed by atoms with Gasteiger partial charge in [0.2, 0.25) is 5.82 Å². The maximum absolute atomic E-state index is 13.8. The highest BCUT2D eigenvalue weighted by Gasteiger charge is 2.36. The number of piperidine rings is 1. The second kappa shape index (κ2) is 8.58. The summed E-state index contributed by atoms with van der Waals surface area (Å²) in [6, 6.07) is 1.80. The SMILES string of the molecule is N[C@@H](Cc1cc(F)c(F)cc1F)C1CCN(C(=O)c2ccnc(C(F)(F)F)n2)CC1. The van der Waals surface area contributed by atoms with E-state index < -0.39 is 41.4 Å². The number of carbonyl (C=O) groups is 1. The van der Waals surface area contributed by atoms with Crippen molar-refractivity contribution >= 4 is 5.91 Å². The van der Waals surface area contributed by atoms with Crippen molar-refractivity contribution in [2.24, 2.45) is 11.7 Å². The van der Waals surface area contributed by atoms with Crippen molar-refractivity contribution in [3.8, 4) is 0 Å². The monoisotopic (exact) mass is 432 g/mol. The van der Waals surface area contributed by atoms with Crippen molar-refractivity contribution in [2.75, 3.05) is 13.1 Å². The zero-order valence-electron chi connectivity index (χ0n) is 15.6. The number of likely N-dealkylation sites (tertiary alicyclic amines) is 1. The number of aromatic nitrogens is 2. The third kappa shape index (κ3) is 4.89. The fourth-order valence-electron chi connectivity index (χ4n) is 3.45. The normalized spacial score (nSPS) is 16.6. The van der Waals surface area contributed by atoms with E-state index in [0.717, 1.165) is 18.3 Å². The molecule has 1 aromatic carbocycles. The molecule has 1 saturated heterocycles. The molecule has 1 aliphatic rings. The van der Waals surface area contributed by atoms with Gasteiger partial charge in [0.15, 0.2) is 11.6 Å². The van der Waals surface area contributed by atoms with Crippen molar-refractivity contribution < 1.29 is 31.1 Å². The Kier molecular flexibility index (Phi) is 6.30. The highest BCUT2D eigenvalue weighted by atomic mass is 19.4. The van der Waals surface area contributed by atoms with Crippen LogP contribution in [0.1, 0.15) is 34.7 Å². The molecule has 1 aliphatic heterocycles. The first-order chi connectivity index (χ1) is 14.1. The van der Waals surface area contributed by atoms with Crippen LogP contribution in [0, 0.1) is 23.4 Å². The van der Waals surface area contributed by atoms with Gasteiger partial charge < -0.3 is 10.6 Å². The smallest absolute Gasteiger partial charge is 0.337 e. The molecule has 30 heavy (non-hydrogen) atoms. The lowest BCUT2D eigenvalue weighted by molar-refractivity contribution is -0.145. The van der Waals surface area contributed by atoms with Crippen LogP contribution in [0.5, 0.6) is 0 Å². The summed E-state index contributed by atoms with van der Waals surface area (Å²) in [5.74, 6) is -5.50. The Balaban J connectivity index is 1.61. The fourth-order valence-corrected chi connectivity index (χ4v) is 3.45. The summed E-state index contributed by atoms with van der Waals surface area (Å²) in [6.07, 6.45) is -3.04. The topological polar surface area (TPSA) is 72.1 Å². The van der Waals surface area contributed by atoms with Gasteiger partial charge in [-0.3, -0.25) is 4.79 Å². The quantitative estimate of drug-likeness (QED) is 0.594. The van der Waals surface area contributed by atoms with Crippen LogP contribution in [0.3, 0.4) is 0 Å². The van der Waals surface area contributed by atoms with Gasteiger partial charge in [-0.15, -0.1) is 0 Å². The molecular formula is C19H18F6N4O. The van der Waals surface area contributed by atoms with E-state index in [2.05, 4.69) is 9.97 Å². The van der Waals surface area contributed by atoms with Crippen LogP contribution in [-0.2, 0) is 12.6 Å². The average Bonchev–Trinajstić information content (AvgIpc) is 2.71. The summed E-state index contributed by atoms with van der Waals surface area (Å²) in [5.41, 5.74) is 5.71. The fraction of sp³-hybridized carbons (Fsp3) is 0.421.